The monoisotopic (exact) mass is 203 g/mol. The van der Waals surface area contributed by atoms with Crippen LogP contribution in [0.3, 0.4) is 0 Å². The second-order valence-corrected chi connectivity index (χ2v) is 4.27. The molecule has 0 fully saturated rings. The van der Waals surface area contributed by atoms with Crippen LogP contribution in [0.25, 0.3) is 10.1 Å². The Balaban J connectivity index is 2.76. The minimum absolute atomic E-state index is 0.696. The van der Waals surface area contributed by atoms with Crippen LogP contribution in [-0.2, 0) is 0 Å². The first-order valence-corrected chi connectivity index (χ1v) is 5.05. The highest BCUT2D eigenvalue weighted by Crippen LogP contribution is 2.37. The highest BCUT2D eigenvalue weighted by Gasteiger charge is 2.09. The molecule has 0 saturated carbocycles. The summed E-state index contributed by atoms with van der Waals surface area (Å²) in [5, 5.41) is 9.85. The average Bonchev–Trinajstić information content (AvgIpc) is 2.51. The Bertz CT molecular complexity index is 522. The van der Waals surface area contributed by atoms with Crippen LogP contribution in [0, 0.1) is 18.3 Å². The van der Waals surface area contributed by atoms with Crippen LogP contribution in [0.5, 0.6) is 5.75 Å². The maximum Gasteiger partial charge on any atom is 0.140 e. The zero-order valence-electron chi connectivity index (χ0n) is 8.00. The van der Waals surface area contributed by atoms with Gasteiger partial charge in [-0.2, -0.15) is 5.26 Å². The Hall–Kier alpha value is -1.53. The fourth-order valence-electron chi connectivity index (χ4n) is 1.52. The first-order valence-electron chi connectivity index (χ1n) is 4.23. The Morgan fingerprint density at radius 3 is 2.86 bits per heavy atom. The number of methoxy groups -OCH3 is 1. The summed E-state index contributed by atoms with van der Waals surface area (Å²) < 4.78 is 6.41. The third-order valence-electron chi connectivity index (χ3n) is 2.14. The molecule has 0 aliphatic carbocycles. The highest BCUT2D eigenvalue weighted by atomic mass is 32.1. The number of nitriles is 1. The smallest absolute Gasteiger partial charge is 0.140 e. The number of ether oxygens (including phenoxy) is 1. The van der Waals surface area contributed by atoms with Crippen molar-refractivity contribution in [1.82, 2.24) is 0 Å². The Morgan fingerprint density at radius 1 is 1.43 bits per heavy atom. The molecule has 70 valence electrons. The van der Waals surface area contributed by atoms with Crippen molar-refractivity contribution >= 4 is 21.4 Å². The molecule has 0 atom stereocenters. The molecule has 1 aromatic heterocycles. The van der Waals surface area contributed by atoms with E-state index < -0.39 is 0 Å². The van der Waals surface area contributed by atoms with E-state index in [4.69, 9.17) is 10.00 Å². The second kappa shape index (κ2) is 3.32. The first-order chi connectivity index (χ1) is 6.76. The highest BCUT2D eigenvalue weighted by molar-refractivity contribution is 7.19. The molecule has 0 aliphatic heterocycles. The van der Waals surface area contributed by atoms with Gasteiger partial charge in [-0.05, 0) is 25.1 Å². The number of rotatable bonds is 1. The van der Waals surface area contributed by atoms with Gasteiger partial charge in [-0.1, -0.05) is 0 Å². The summed E-state index contributed by atoms with van der Waals surface area (Å²) in [6, 6.07) is 7.79. The lowest BCUT2D eigenvalue weighted by atomic mass is 10.2. The number of thiophene rings is 1. The fourth-order valence-corrected chi connectivity index (χ4v) is 2.59. The molecule has 2 aromatic rings. The van der Waals surface area contributed by atoms with Gasteiger partial charge in [-0.3, -0.25) is 0 Å². The molecule has 0 saturated heterocycles. The number of nitrogens with zero attached hydrogens (tertiary/aromatic N) is 1. The summed E-state index contributed by atoms with van der Waals surface area (Å²) in [5.74, 6) is 0.925. The molecule has 14 heavy (non-hydrogen) atoms. The van der Waals surface area contributed by atoms with Crippen molar-refractivity contribution in [3.63, 3.8) is 0 Å². The van der Waals surface area contributed by atoms with E-state index in [9.17, 15) is 0 Å². The molecule has 1 heterocycles. The van der Waals surface area contributed by atoms with E-state index in [1.165, 1.54) is 0 Å². The van der Waals surface area contributed by atoms with Crippen molar-refractivity contribution in [1.29, 1.82) is 5.26 Å². The van der Waals surface area contributed by atoms with E-state index in [2.05, 4.69) is 6.07 Å². The average molecular weight is 203 g/mol. The van der Waals surface area contributed by atoms with Crippen LogP contribution in [0.1, 0.15) is 10.4 Å². The van der Waals surface area contributed by atoms with E-state index in [1.54, 1.807) is 18.4 Å². The second-order valence-electron chi connectivity index (χ2n) is 3.01. The molecular formula is C11H9NOS. The standard InChI is InChI=1S/C11H9NOS/c1-7-11(13-2)9-4-3-8(6-12)5-10(9)14-7/h3-5H,1-2H3. The van der Waals surface area contributed by atoms with Crippen LogP contribution in [0.15, 0.2) is 18.2 Å². The number of hydrogen-bond acceptors (Lipinski definition) is 3. The Morgan fingerprint density at radius 2 is 2.21 bits per heavy atom. The predicted octanol–water partition coefficient (Wildman–Crippen LogP) is 3.09. The van der Waals surface area contributed by atoms with Crippen LogP contribution in [0.4, 0.5) is 0 Å². The van der Waals surface area contributed by atoms with E-state index in [0.717, 1.165) is 20.7 Å². The van der Waals surface area contributed by atoms with E-state index >= 15 is 0 Å². The molecule has 0 bridgehead atoms. The number of hydrogen-bond donors (Lipinski definition) is 0. The summed E-state index contributed by atoms with van der Waals surface area (Å²) in [4.78, 5) is 1.15. The lowest BCUT2D eigenvalue weighted by Gasteiger charge is -1.97. The van der Waals surface area contributed by atoms with Gasteiger partial charge in [0.2, 0.25) is 0 Å². The number of aryl methyl sites for hydroxylation is 1. The molecule has 2 rings (SSSR count). The van der Waals surface area contributed by atoms with Crippen molar-refractivity contribution in [2.75, 3.05) is 7.11 Å². The molecular weight excluding hydrogens is 194 g/mol. The van der Waals surface area contributed by atoms with Gasteiger partial charge in [-0.25, -0.2) is 0 Å². The Labute approximate surface area is 86.4 Å². The van der Waals surface area contributed by atoms with Gasteiger partial charge >= 0.3 is 0 Å². The zero-order chi connectivity index (χ0) is 10.1. The van der Waals surface area contributed by atoms with Crippen molar-refractivity contribution in [3.8, 4) is 11.8 Å². The molecule has 0 radical (unpaired) electrons. The molecule has 2 nitrogen and oxygen atoms in total. The molecule has 3 heteroatoms. The third-order valence-corrected chi connectivity index (χ3v) is 3.19. The van der Waals surface area contributed by atoms with E-state index in [0.29, 0.717) is 5.56 Å². The predicted molar refractivity (Wildman–Crippen MR) is 57.8 cm³/mol. The van der Waals surface area contributed by atoms with Gasteiger partial charge in [0.15, 0.2) is 0 Å². The van der Waals surface area contributed by atoms with Gasteiger partial charge in [0.25, 0.3) is 0 Å². The fraction of sp³-hybridized carbons (Fsp3) is 0.182. The van der Waals surface area contributed by atoms with Gasteiger partial charge in [-0.15, -0.1) is 11.3 Å². The minimum atomic E-state index is 0.696. The summed E-state index contributed by atoms with van der Waals surface area (Å²) >= 11 is 1.66. The van der Waals surface area contributed by atoms with Crippen LogP contribution in [0.2, 0.25) is 0 Å². The molecule has 0 unspecified atom stereocenters. The maximum atomic E-state index is 8.75. The Kier molecular flexibility index (Phi) is 2.14. The lowest BCUT2D eigenvalue weighted by molar-refractivity contribution is 0.418. The van der Waals surface area contributed by atoms with Crippen LogP contribution >= 0.6 is 11.3 Å². The third kappa shape index (κ3) is 1.24. The lowest BCUT2D eigenvalue weighted by Crippen LogP contribution is -1.81. The normalized spacial score (nSPS) is 10.1. The van der Waals surface area contributed by atoms with Crippen molar-refractivity contribution in [3.05, 3.63) is 28.6 Å². The SMILES string of the molecule is COc1c(C)sc2cc(C#N)ccc12. The van der Waals surface area contributed by atoms with Crippen molar-refractivity contribution in [2.45, 2.75) is 6.92 Å². The number of benzene rings is 1. The summed E-state index contributed by atoms with van der Waals surface area (Å²) in [5.41, 5.74) is 0.696. The summed E-state index contributed by atoms with van der Waals surface area (Å²) in [6.45, 7) is 2.02. The quantitative estimate of drug-likeness (QED) is 0.713. The van der Waals surface area contributed by atoms with Gasteiger partial charge in [0, 0.05) is 15.0 Å². The molecule has 0 amide bonds. The van der Waals surface area contributed by atoms with Crippen molar-refractivity contribution < 1.29 is 4.74 Å². The largest absolute Gasteiger partial charge is 0.495 e. The molecule has 0 N–H and O–H groups in total. The first kappa shape index (κ1) is 9.04. The summed E-state index contributed by atoms with van der Waals surface area (Å²) in [6.07, 6.45) is 0. The van der Waals surface area contributed by atoms with Gasteiger partial charge in [0.05, 0.1) is 18.7 Å². The van der Waals surface area contributed by atoms with Gasteiger partial charge in [0.1, 0.15) is 5.75 Å². The summed E-state index contributed by atoms with van der Waals surface area (Å²) in [7, 11) is 1.67. The van der Waals surface area contributed by atoms with Crippen LogP contribution < -0.4 is 4.74 Å². The molecule has 1 aromatic carbocycles. The van der Waals surface area contributed by atoms with E-state index in [-0.39, 0.29) is 0 Å². The molecule has 0 aliphatic rings. The topological polar surface area (TPSA) is 33.0 Å². The van der Waals surface area contributed by atoms with Crippen LogP contribution in [-0.4, -0.2) is 7.11 Å². The zero-order valence-corrected chi connectivity index (χ0v) is 8.81. The maximum absolute atomic E-state index is 8.75. The number of fused-ring (bicyclic) bond motifs is 1. The van der Waals surface area contributed by atoms with Crippen molar-refractivity contribution in [2.24, 2.45) is 0 Å². The molecule has 0 spiro atoms. The minimum Gasteiger partial charge on any atom is -0.495 e. The van der Waals surface area contributed by atoms with Gasteiger partial charge < -0.3 is 4.74 Å². The van der Waals surface area contributed by atoms with E-state index in [1.807, 2.05) is 25.1 Å².